The third-order valence-electron chi connectivity index (χ3n) is 3.06. The lowest BCUT2D eigenvalue weighted by Gasteiger charge is -2.11. The van der Waals surface area contributed by atoms with Crippen molar-refractivity contribution in [3.8, 4) is 5.75 Å². The molecule has 0 aliphatic heterocycles. The molecule has 0 saturated carbocycles. The summed E-state index contributed by atoms with van der Waals surface area (Å²) < 4.78 is 5.54. The molecule has 126 valence electrons. The number of benzene rings is 2. The minimum absolute atomic E-state index is 0.0161. The van der Waals surface area contributed by atoms with Crippen LogP contribution >= 0.6 is 11.6 Å². The summed E-state index contributed by atoms with van der Waals surface area (Å²) in [5.41, 5.74) is 5.99. The molecule has 0 aliphatic carbocycles. The van der Waals surface area contributed by atoms with Crippen molar-refractivity contribution in [1.82, 2.24) is 10.9 Å². The Morgan fingerprint density at radius 1 is 1.08 bits per heavy atom. The maximum absolute atomic E-state index is 12.1. The van der Waals surface area contributed by atoms with Gasteiger partial charge in [0.25, 0.3) is 5.91 Å². The fourth-order valence-electron chi connectivity index (χ4n) is 2.01. The second-order valence-corrected chi connectivity index (χ2v) is 5.94. The van der Waals surface area contributed by atoms with Gasteiger partial charge in [0.05, 0.1) is 12.5 Å². The summed E-state index contributed by atoms with van der Waals surface area (Å²) in [5, 5.41) is 0.607. The number of carbonyl (C=O) groups is 2. The van der Waals surface area contributed by atoms with Gasteiger partial charge >= 0.3 is 0 Å². The van der Waals surface area contributed by atoms with Crippen LogP contribution in [-0.4, -0.2) is 17.9 Å². The Morgan fingerprint density at radius 2 is 1.79 bits per heavy atom. The van der Waals surface area contributed by atoms with E-state index < -0.39 is 5.91 Å². The van der Waals surface area contributed by atoms with Crippen LogP contribution in [0.3, 0.4) is 0 Å². The molecule has 0 radical (unpaired) electrons. The molecule has 2 rings (SSSR count). The van der Waals surface area contributed by atoms with E-state index in [1.165, 1.54) is 0 Å². The van der Waals surface area contributed by atoms with Gasteiger partial charge in [-0.15, -0.1) is 0 Å². The minimum Gasteiger partial charge on any atom is -0.491 e. The SMILES string of the molecule is CC(C)Oc1cccc(C(=O)NNC(=O)Cc2ccc(Cl)cc2)c1. The summed E-state index contributed by atoms with van der Waals surface area (Å²) in [7, 11) is 0. The average molecular weight is 347 g/mol. The molecule has 0 spiro atoms. The Bertz CT molecular complexity index is 714. The molecule has 0 aliphatic rings. The van der Waals surface area contributed by atoms with E-state index in [0.717, 1.165) is 5.56 Å². The van der Waals surface area contributed by atoms with Crippen LogP contribution in [-0.2, 0) is 11.2 Å². The van der Waals surface area contributed by atoms with Crippen LogP contribution in [0.25, 0.3) is 0 Å². The average Bonchev–Trinajstić information content (AvgIpc) is 2.54. The van der Waals surface area contributed by atoms with Crippen LogP contribution in [0.5, 0.6) is 5.75 Å². The molecule has 0 bridgehead atoms. The smallest absolute Gasteiger partial charge is 0.269 e. The number of hydrogen-bond donors (Lipinski definition) is 2. The zero-order valence-electron chi connectivity index (χ0n) is 13.5. The van der Waals surface area contributed by atoms with Gasteiger partial charge in [0.1, 0.15) is 5.75 Å². The Kier molecular flexibility index (Phi) is 6.21. The van der Waals surface area contributed by atoms with Crippen LogP contribution in [0.4, 0.5) is 0 Å². The lowest BCUT2D eigenvalue weighted by molar-refractivity contribution is -0.121. The standard InChI is InChI=1S/C18H19ClN2O3/c1-12(2)24-16-5-3-4-14(11-16)18(23)21-20-17(22)10-13-6-8-15(19)9-7-13/h3-9,11-12H,10H2,1-2H3,(H,20,22)(H,21,23). The summed E-state index contributed by atoms with van der Waals surface area (Å²) in [6.45, 7) is 3.81. The number of carbonyl (C=O) groups excluding carboxylic acids is 2. The zero-order valence-corrected chi connectivity index (χ0v) is 14.3. The quantitative estimate of drug-likeness (QED) is 0.817. The zero-order chi connectivity index (χ0) is 17.5. The molecule has 2 aromatic rings. The van der Waals surface area contributed by atoms with Gasteiger partial charge in [-0.3, -0.25) is 20.4 Å². The van der Waals surface area contributed by atoms with Gasteiger partial charge in [-0.2, -0.15) is 0 Å². The lowest BCUT2D eigenvalue weighted by Crippen LogP contribution is -2.42. The third-order valence-corrected chi connectivity index (χ3v) is 3.31. The predicted octanol–water partition coefficient (Wildman–Crippen LogP) is 3.13. The molecule has 24 heavy (non-hydrogen) atoms. The summed E-state index contributed by atoms with van der Waals surface area (Å²) in [4.78, 5) is 23.9. The molecule has 0 fully saturated rings. The van der Waals surface area contributed by atoms with E-state index in [4.69, 9.17) is 16.3 Å². The highest BCUT2D eigenvalue weighted by Crippen LogP contribution is 2.14. The molecular formula is C18H19ClN2O3. The number of rotatable bonds is 5. The van der Waals surface area contributed by atoms with E-state index in [1.54, 1.807) is 48.5 Å². The highest BCUT2D eigenvalue weighted by molar-refractivity contribution is 6.30. The first kappa shape index (κ1) is 17.8. The Morgan fingerprint density at radius 3 is 2.46 bits per heavy atom. The van der Waals surface area contributed by atoms with Crippen molar-refractivity contribution in [3.05, 3.63) is 64.7 Å². The van der Waals surface area contributed by atoms with E-state index in [1.807, 2.05) is 13.8 Å². The van der Waals surface area contributed by atoms with Gasteiger partial charge in [-0.25, -0.2) is 0 Å². The minimum atomic E-state index is -0.409. The molecule has 0 heterocycles. The Labute approximate surface area is 145 Å². The molecule has 0 aromatic heterocycles. The molecule has 5 nitrogen and oxygen atoms in total. The van der Waals surface area contributed by atoms with Crippen molar-refractivity contribution < 1.29 is 14.3 Å². The van der Waals surface area contributed by atoms with Crippen molar-refractivity contribution in [2.24, 2.45) is 0 Å². The van der Waals surface area contributed by atoms with E-state index >= 15 is 0 Å². The summed E-state index contributed by atoms with van der Waals surface area (Å²) in [6, 6.07) is 13.7. The van der Waals surface area contributed by atoms with Gasteiger partial charge < -0.3 is 4.74 Å². The van der Waals surface area contributed by atoms with Crippen LogP contribution in [0, 0.1) is 0 Å². The number of hydrogen-bond acceptors (Lipinski definition) is 3. The van der Waals surface area contributed by atoms with Crippen LogP contribution in [0.1, 0.15) is 29.8 Å². The molecule has 2 amide bonds. The normalized spacial score (nSPS) is 10.3. The number of amides is 2. The monoisotopic (exact) mass is 346 g/mol. The molecule has 2 N–H and O–H groups in total. The van der Waals surface area contributed by atoms with Crippen LogP contribution in [0.15, 0.2) is 48.5 Å². The van der Waals surface area contributed by atoms with Crippen molar-refractivity contribution in [2.45, 2.75) is 26.4 Å². The molecule has 0 atom stereocenters. The third kappa shape index (κ3) is 5.59. The van der Waals surface area contributed by atoms with E-state index in [2.05, 4.69) is 10.9 Å². The van der Waals surface area contributed by atoms with E-state index in [0.29, 0.717) is 16.3 Å². The van der Waals surface area contributed by atoms with Crippen molar-refractivity contribution >= 4 is 23.4 Å². The molecule has 2 aromatic carbocycles. The predicted molar refractivity (Wildman–Crippen MR) is 93.0 cm³/mol. The lowest BCUT2D eigenvalue weighted by atomic mass is 10.1. The Hall–Kier alpha value is -2.53. The number of hydrazine groups is 1. The van der Waals surface area contributed by atoms with Gasteiger partial charge in [-0.05, 0) is 49.7 Å². The van der Waals surface area contributed by atoms with Gasteiger partial charge in [0, 0.05) is 10.6 Å². The fourth-order valence-corrected chi connectivity index (χ4v) is 2.14. The molecule has 0 unspecified atom stereocenters. The first-order chi connectivity index (χ1) is 11.4. The first-order valence-electron chi connectivity index (χ1n) is 7.54. The summed E-state index contributed by atoms with van der Waals surface area (Å²) in [6.07, 6.45) is 0.163. The molecular weight excluding hydrogens is 328 g/mol. The molecule has 0 saturated heterocycles. The van der Waals surface area contributed by atoms with Crippen LogP contribution in [0.2, 0.25) is 5.02 Å². The number of halogens is 1. The largest absolute Gasteiger partial charge is 0.491 e. The maximum Gasteiger partial charge on any atom is 0.269 e. The fraction of sp³-hybridized carbons (Fsp3) is 0.222. The Balaban J connectivity index is 1.88. The topological polar surface area (TPSA) is 67.4 Å². The van der Waals surface area contributed by atoms with Gasteiger partial charge in [0.15, 0.2) is 0 Å². The van der Waals surface area contributed by atoms with Crippen molar-refractivity contribution in [2.75, 3.05) is 0 Å². The highest BCUT2D eigenvalue weighted by atomic mass is 35.5. The molecule has 6 heteroatoms. The van der Waals surface area contributed by atoms with Crippen molar-refractivity contribution in [1.29, 1.82) is 0 Å². The van der Waals surface area contributed by atoms with Crippen molar-refractivity contribution in [3.63, 3.8) is 0 Å². The summed E-state index contributed by atoms with van der Waals surface area (Å²) in [5.74, 6) is -0.126. The number of ether oxygens (including phenoxy) is 1. The second-order valence-electron chi connectivity index (χ2n) is 5.50. The maximum atomic E-state index is 12.1. The summed E-state index contributed by atoms with van der Waals surface area (Å²) >= 11 is 5.80. The number of nitrogens with one attached hydrogen (secondary N) is 2. The first-order valence-corrected chi connectivity index (χ1v) is 7.92. The van der Waals surface area contributed by atoms with Gasteiger partial charge in [-0.1, -0.05) is 29.8 Å². The van der Waals surface area contributed by atoms with E-state index in [-0.39, 0.29) is 18.4 Å². The second kappa shape index (κ2) is 8.36. The highest BCUT2D eigenvalue weighted by Gasteiger charge is 2.09. The van der Waals surface area contributed by atoms with Crippen LogP contribution < -0.4 is 15.6 Å². The van der Waals surface area contributed by atoms with Gasteiger partial charge in [0.2, 0.25) is 5.91 Å². The van der Waals surface area contributed by atoms with E-state index in [9.17, 15) is 9.59 Å².